The van der Waals surface area contributed by atoms with Crippen molar-refractivity contribution in [3.8, 4) is 0 Å². The summed E-state index contributed by atoms with van der Waals surface area (Å²) in [6.45, 7) is 5.56. The van der Waals surface area contributed by atoms with Gasteiger partial charge >= 0.3 is 0 Å². The maximum Gasteiger partial charge on any atom is 0.236 e. The molecule has 5 unspecified atom stereocenters. The quantitative estimate of drug-likeness (QED) is 0.339. The number of nitrogens with zero attached hydrogens (tertiary/aromatic N) is 2. The molecule has 9 heteroatoms. The van der Waals surface area contributed by atoms with E-state index in [1.165, 1.54) is 5.56 Å². The maximum atomic E-state index is 13.6. The van der Waals surface area contributed by atoms with E-state index in [9.17, 15) is 14.4 Å². The number of hydrogen-bond acceptors (Lipinski definition) is 6. The number of hydrogen-bond donors (Lipinski definition) is 2. The molecule has 0 aromatic heterocycles. The molecule has 38 heavy (non-hydrogen) atoms. The van der Waals surface area contributed by atoms with Crippen molar-refractivity contribution < 1.29 is 23.9 Å². The van der Waals surface area contributed by atoms with Crippen LogP contribution in [0.3, 0.4) is 0 Å². The summed E-state index contributed by atoms with van der Waals surface area (Å²) in [5, 5.41) is 5.90. The zero-order valence-electron chi connectivity index (χ0n) is 24.1. The molecule has 1 aromatic rings. The molecule has 1 aliphatic heterocycles. The summed E-state index contributed by atoms with van der Waals surface area (Å²) in [6.07, 6.45) is 2.81. The molecule has 0 aliphatic carbocycles. The number of benzene rings is 1. The number of nitrogens with one attached hydrogen (secondary N) is 2. The molecule has 0 bridgehead atoms. The van der Waals surface area contributed by atoms with Crippen LogP contribution >= 0.6 is 0 Å². The van der Waals surface area contributed by atoms with Crippen molar-refractivity contribution in [1.82, 2.24) is 20.4 Å². The van der Waals surface area contributed by atoms with E-state index in [-0.39, 0.29) is 61.2 Å². The lowest BCUT2D eigenvalue weighted by Crippen LogP contribution is -2.53. The van der Waals surface area contributed by atoms with Crippen LogP contribution in [0.25, 0.3) is 0 Å². The third kappa shape index (κ3) is 9.06. The third-order valence-corrected chi connectivity index (χ3v) is 7.77. The Morgan fingerprint density at radius 1 is 1.13 bits per heavy atom. The smallest absolute Gasteiger partial charge is 0.236 e. The minimum absolute atomic E-state index is 0.0337. The molecular formula is C29H48N4O5. The van der Waals surface area contributed by atoms with Gasteiger partial charge in [-0.2, -0.15) is 0 Å². The van der Waals surface area contributed by atoms with E-state index in [0.29, 0.717) is 13.1 Å². The van der Waals surface area contributed by atoms with E-state index >= 15 is 0 Å². The van der Waals surface area contributed by atoms with Gasteiger partial charge in [-0.1, -0.05) is 50.6 Å². The first-order chi connectivity index (χ1) is 18.3. The summed E-state index contributed by atoms with van der Waals surface area (Å²) in [5.41, 5.74) is 1.17. The molecule has 0 saturated carbocycles. The molecule has 9 nitrogen and oxygen atoms in total. The largest absolute Gasteiger partial charge is 0.379 e. The third-order valence-electron chi connectivity index (χ3n) is 7.77. The van der Waals surface area contributed by atoms with Crippen molar-refractivity contribution in [3.63, 3.8) is 0 Å². The monoisotopic (exact) mass is 532 g/mol. The minimum atomic E-state index is -0.438. The highest BCUT2D eigenvalue weighted by molar-refractivity contribution is 5.80. The normalized spacial score (nSPS) is 18.5. The lowest BCUT2D eigenvalue weighted by Gasteiger charge is -2.39. The molecule has 0 spiro atoms. The fourth-order valence-corrected chi connectivity index (χ4v) is 5.43. The van der Waals surface area contributed by atoms with Crippen LogP contribution in [0.4, 0.5) is 0 Å². The standard InChI is InChI=1S/C29H48N4O5/c1-7-21(2)29(32(4)28(36)20-30-3)25(38-6)19-27(35)33-17-11-14-23(33)24(37-5)18-26(34)31-16-15-22-12-9-8-10-13-22/h8-10,12-13,21,23-25,29-30H,7,11,14-20H2,1-6H3,(H,31,34). The van der Waals surface area contributed by atoms with Crippen LogP contribution in [0.5, 0.6) is 0 Å². The molecule has 1 saturated heterocycles. The number of amides is 3. The molecule has 1 fully saturated rings. The number of carbonyl (C=O) groups is 3. The van der Waals surface area contributed by atoms with Crippen LogP contribution in [0, 0.1) is 5.92 Å². The van der Waals surface area contributed by atoms with E-state index in [4.69, 9.17) is 9.47 Å². The van der Waals surface area contributed by atoms with E-state index in [2.05, 4.69) is 24.5 Å². The van der Waals surface area contributed by atoms with E-state index in [1.807, 2.05) is 35.2 Å². The van der Waals surface area contributed by atoms with Crippen molar-refractivity contribution in [2.45, 2.75) is 76.7 Å². The Kier molecular flexibility index (Phi) is 13.7. The zero-order chi connectivity index (χ0) is 28.1. The average molecular weight is 533 g/mol. The Morgan fingerprint density at radius 3 is 2.45 bits per heavy atom. The fraction of sp³-hybridized carbons (Fsp3) is 0.690. The summed E-state index contributed by atoms with van der Waals surface area (Å²) < 4.78 is 11.6. The lowest BCUT2D eigenvalue weighted by molar-refractivity contribution is -0.144. The predicted molar refractivity (Wildman–Crippen MR) is 149 cm³/mol. The van der Waals surface area contributed by atoms with E-state index in [0.717, 1.165) is 25.7 Å². The molecule has 5 atom stereocenters. The van der Waals surface area contributed by atoms with Crippen LogP contribution in [-0.2, 0) is 30.3 Å². The lowest BCUT2D eigenvalue weighted by atomic mass is 9.90. The van der Waals surface area contributed by atoms with Gasteiger partial charge in [0.05, 0.1) is 43.7 Å². The van der Waals surface area contributed by atoms with Gasteiger partial charge in [0.15, 0.2) is 0 Å². The molecule has 0 radical (unpaired) electrons. The Morgan fingerprint density at radius 2 is 1.84 bits per heavy atom. The number of carbonyl (C=O) groups excluding carboxylic acids is 3. The summed E-state index contributed by atoms with van der Waals surface area (Å²) in [4.78, 5) is 42.5. The van der Waals surface area contributed by atoms with Gasteiger partial charge < -0.3 is 29.9 Å². The molecule has 2 rings (SSSR count). The maximum absolute atomic E-state index is 13.6. The first-order valence-corrected chi connectivity index (χ1v) is 13.8. The molecular weight excluding hydrogens is 484 g/mol. The molecule has 214 valence electrons. The molecule has 2 N–H and O–H groups in total. The fourth-order valence-electron chi connectivity index (χ4n) is 5.43. The van der Waals surface area contributed by atoms with Gasteiger partial charge in [0, 0.05) is 34.4 Å². The number of methoxy groups -OCH3 is 2. The number of ether oxygens (including phenoxy) is 2. The van der Waals surface area contributed by atoms with Gasteiger partial charge in [-0.15, -0.1) is 0 Å². The Bertz CT molecular complexity index is 868. The van der Waals surface area contributed by atoms with Crippen molar-refractivity contribution in [1.29, 1.82) is 0 Å². The van der Waals surface area contributed by atoms with E-state index < -0.39 is 6.10 Å². The van der Waals surface area contributed by atoms with E-state index in [1.54, 1.807) is 33.2 Å². The van der Waals surface area contributed by atoms with Crippen LogP contribution in [0.2, 0.25) is 0 Å². The summed E-state index contributed by atoms with van der Waals surface area (Å²) in [5.74, 6) is 0.000293. The second kappa shape index (κ2) is 16.5. The van der Waals surface area contributed by atoms with Gasteiger partial charge in [0.25, 0.3) is 0 Å². The van der Waals surface area contributed by atoms with Gasteiger partial charge in [-0.3, -0.25) is 14.4 Å². The minimum Gasteiger partial charge on any atom is -0.379 e. The van der Waals surface area contributed by atoms with Gasteiger partial charge in [0.2, 0.25) is 17.7 Å². The highest BCUT2D eigenvalue weighted by Gasteiger charge is 2.39. The van der Waals surface area contributed by atoms with Crippen LogP contribution < -0.4 is 10.6 Å². The molecule has 3 amide bonds. The average Bonchev–Trinajstić information content (AvgIpc) is 3.41. The predicted octanol–water partition coefficient (Wildman–Crippen LogP) is 2.24. The second-order valence-corrected chi connectivity index (χ2v) is 10.2. The summed E-state index contributed by atoms with van der Waals surface area (Å²) in [6, 6.07) is 9.63. The van der Waals surface area contributed by atoms with Crippen molar-refractivity contribution in [2.24, 2.45) is 5.92 Å². The van der Waals surface area contributed by atoms with Crippen LogP contribution in [0.15, 0.2) is 30.3 Å². The van der Waals surface area contributed by atoms with Crippen LogP contribution in [-0.4, -0.2) is 99.8 Å². The number of likely N-dealkylation sites (N-methyl/N-ethyl adjacent to an activating group) is 2. The van der Waals surface area contributed by atoms with Gasteiger partial charge in [-0.05, 0) is 37.8 Å². The topological polar surface area (TPSA) is 100 Å². The van der Waals surface area contributed by atoms with Crippen molar-refractivity contribution >= 4 is 17.7 Å². The molecule has 1 aliphatic rings. The molecule has 1 aromatic carbocycles. The first kappa shape index (κ1) is 31.7. The highest BCUT2D eigenvalue weighted by atomic mass is 16.5. The van der Waals surface area contributed by atoms with Gasteiger partial charge in [-0.25, -0.2) is 0 Å². The number of likely N-dealkylation sites (tertiary alicyclic amines) is 1. The SMILES string of the molecule is CCC(C)C(C(CC(=O)N1CCCC1C(CC(=O)NCCc1ccccc1)OC)OC)N(C)C(=O)CNC. The summed E-state index contributed by atoms with van der Waals surface area (Å²) in [7, 11) is 6.72. The van der Waals surface area contributed by atoms with Crippen LogP contribution in [0.1, 0.15) is 51.5 Å². The van der Waals surface area contributed by atoms with Crippen molar-refractivity contribution in [3.05, 3.63) is 35.9 Å². The Labute approximate surface area is 228 Å². The summed E-state index contributed by atoms with van der Waals surface area (Å²) >= 11 is 0. The first-order valence-electron chi connectivity index (χ1n) is 13.8. The Balaban J connectivity index is 2.02. The van der Waals surface area contributed by atoms with Gasteiger partial charge in [0.1, 0.15) is 0 Å². The number of rotatable bonds is 16. The van der Waals surface area contributed by atoms with Crippen molar-refractivity contribution in [2.75, 3.05) is 47.9 Å². The Hall–Kier alpha value is -2.49. The highest BCUT2D eigenvalue weighted by Crippen LogP contribution is 2.27. The molecule has 1 heterocycles. The second-order valence-electron chi connectivity index (χ2n) is 10.2. The zero-order valence-corrected chi connectivity index (χ0v) is 24.1.